The van der Waals surface area contributed by atoms with E-state index in [2.05, 4.69) is 8.75 Å². The van der Waals surface area contributed by atoms with Gasteiger partial charge in [-0.2, -0.15) is 8.75 Å². The van der Waals surface area contributed by atoms with Gasteiger partial charge in [0, 0.05) is 17.6 Å². The van der Waals surface area contributed by atoms with Crippen LogP contribution in [0.4, 0.5) is 0 Å². The normalized spacial score (nSPS) is 16.4. The molecule has 11 nitrogen and oxygen atoms in total. The number of aliphatic hydroxyl groups is 1. The Morgan fingerprint density at radius 3 is 1.98 bits per heavy atom. The van der Waals surface area contributed by atoms with E-state index in [1.165, 1.54) is 21.3 Å². The number of methoxy groups -OCH3 is 4. The van der Waals surface area contributed by atoms with Crippen LogP contribution in [0.25, 0.3) is 16.6 Å². The van der Waals surface area contributed by atoms with Crippen molar-refractivity contribution in [2.75, 3.05) is 28.4 Å². The highest BCUT2D eigenvalue weighted by Crippen LogP contribution is 2.50. The van der Waals surface area contributed by atoms with Crippen LogP contribution < -0.4 is 28.4 Å². The molecule has 3 aromatic carbocycles. The first-order valence-corrected chi connectivity index (χ1v) is 15.0. The van der Waals surface area contributed by atoms with E-state index < -0.39 is 11.8 Å². The highest BCUT2D eigenvalue weighted by molar-refractivity contribution is 7.00. The van der Waals surface area contributed by atoms with E-state index in [0.717, 1.165) is 11.7 Å². The molecule has 45 heavy (non-hydrogen) atoms. The average Bonchev–Trinajstić information content (AvgIpc) is 3.58. The fraction of sp³-hybridized carbons (Fsp3) is 0.364. The molecule has 1 aliphatic rings. The zero-order valence-corrected chi connectivity index (χ0v) is 27.2. The van der Waals surface area contributed by atoms with Crippen molar-refractivity contribution in [2.24, 2.45) is 0 Å². The predicted molar refractivity (Wildman–Crippen MR) is 169 cm³/mol. The van der Waals surface area contributed by atoms with E-state index in [-0.39, 0.29) is 46.8 Å². The van der Waals surface area contributed by atoms with Gasteiger partial charge < -0.3 is 38.3 Å². The van der Waals surface area contributed by atoms with E-state index in [1.54, 1.807) is 43.5 Å². The summed E-state index contributed by atoms with van der Waals surface area (Å²) in [5.74, 6) is -0.679. The number of ether oxygens (including phenoxy) is 7. The molecule has 0 amide bonds. The maximum absolute atomic E-state index is 13.8. The lowest BCUT2D eigenvalue weighted by molar-refractivity contribution is -0.185. The Kier molecular flexibility index (Phi) is 9.08. The van der Waals surface area contributed by atoms with E-state index >= 15 is 0 Å². The summed E-state index contributed by atoms with van der Waals surface area (Å²) >= 11 is 1.07. The Balaban J connectivity index is 1.75. The van der Waals surface area contributed by atoms with Crippen molar-refractivity contribution in [3.05, 3.63) is 64.7 Å². The third kappa shape index (κ3) is 6.07. The molecule has 1 N–H and O–H groups in total. The topological polar surface area (TPSA) is 128 Å². The first-order chi connectivity index (χ1) is 21.5. The minimum Gasteiger partial charge on any atom is -0.493 e. The summed E-state index contributed by atoms with van der Waals surface area (Å²) in [5, 5.41) is 12.4. The number of esters is 1. The van der Waals surface area contributed by atoms with Crippen LogP contribution in [0.5, 0.6) is 34.5 Å². The van der Waals surface area contributed by atoms with Crippen LogP contribution in [0.2, 0.25) is 0 Å². The summed E-state index contributed by atoms with van der Waals surface area (Å²) in [7, 11) is 5.96. The molecule has 5 rings (SSSR count). The minimum atomic E-state index is -2.21. The number of benzene rings is 3. The van der Waals surface area contributed by atoms with Crippen LogP contribution >= 0.6 is 11.7 Å². The minimum absolute atomic E-state index is 0.0638. The van der Waals surface area contributed by atoms with Gasteiger partial charge in [-0.25, -0.2) is 4.79 Å². The standard InChI is InChI=1S/C33H36N2O9S/c1-17(2)42-28-13-19(12-25(38-5)31(28)43-18(3)4)11-22-29(20-9-10-23-24(14-20)35-45-34-23)32(36)44-33(22,37)21-15-26(39-6)30(41-8)27(16-21)40-7/h9-10,12-18,37H,11H2,1-8H3. The first-order valence-electron chi connectivity index (χ1n) is 14.3. The summed E-state index contributed by atoms with van der Waals surface area (Å²) in [5.41, 5.74) is 3.17. The van der Waals surface area contributed by atoms with E-state index in [0.29, 0.717) is 45.2 Å². The highest BCUT2D eigenvalue weighted by atomic mass is 32.1. The third-order valence-electron chi connectivity index (χ3n) is 7.15. The number of rotatable bonds is 12. The number of aromatic nitrogens is 2. The van der Waals surface area contributed by atoms with Crippen LogP contribution in [0.1, 0.15) is 44.4 Å². The Hall–Kier alpha value is -4.55. The molecular formula is C33H36N2O9S. The molecule has 1 atom stereocenters. The molecule has 1 aliphatic heterocycles. The Labute approximate surface area is 265 Å². The summed E-state index contributed by atoms with van der Waals surface area (Å²) in [6.45, 7) is 7.65. The Morgan fingerprint density at radius 1 is 0.778 bits per heavy atom. The van der Waals surface area contributed by atoms with Crippen LogP contribution in [0, 0.1) is 0 Å². The quantitative estimate of drug-likeness (QED) is 0.192. The summed E-state index contributed by atoms with van der Waals surface area (Å²) in [6.07, 6.45) is -0.246. The maximum atomic E-state index is 13.8. The van der Waals surface area contributed by atoms with Crippen molar-refractivity contribution in [1.29, 1.82) is 0 Å². The second kappa shape index (κ2) is 12.8. The van der Waals surface area contributed by atoms with Gasteiger partial charge in [-0.05, 0) is 75.2 Å². The molecule has 0 saturated carbocycles. The highest BCUT2D eigenvalue weighted by Gasteiger charge is 2.49. The SMILES string of the molecule is COc1cc(C2(O)OC(=O)C(c3ccc4nsnc4c3)=C2Cc2cc(OC)c(OC(C)C)c(OC(C)C)c2)cc(OC)c1OC. The van der Waals surface area contributed by atoms with Crippen molar-refractivity contribution in [3.63, 3.8) is 0 Å². The molecule has 0 aliphatic carbocycles. The fourth-order valence-corrected chi connectivity index (χ4v) is 5.79. The second-order valence-electron chi connectivity index (χ2n) is 10.9. The molecule has 0 spiro atoms. The summed E-state index contributed by atoms with van der Waals surface area (Å²) in [4.78, 5) is 13.8. The number of hydrogen-bond donors (Lipinski definition) is 1. The number of carbonyl (C=O) groups excluding carboxylic acids is 1. The molecule has 2 heterocycles. The van der Waals surface area contributed by atoms with Crippen molar-refractivity contribution in [2.45, 2.75) is 52.1 Å². The summed E-state index contributed by atoms with van der Waals surface area (Å²) < 4.78 is 49.0. The van der Waals surface area contributed by atoms with Crippen molar-refractivity contribution < 1.29 is 43.1 Å². The van der Waals surface area contributed by atoms with Crippen LogP contribution in [0.15, 0.2) is 48.0 Å². The molecule has 0 bridgehead atoms. The van der Waals surface area contributed by atoms with Gasteiger partial charge in [0.1, 0.15) is 11.0 Å². The lowest BCUT2D eigenvalue weighted by atomic mass is 9.87. The number of hydrogen-bond acceptors (Lipinski definition) is 12. The lowest BCUT2D eigenvalue weighted by Crippen LogP contribution is -2.30. The van der Waals surface area contributed by atoms with Crippen molar-refractivity contribution in [3.8, 4) is 34.5 Å². The molecular weight excluding hydrogens is 600 g/mol. The Bertz CT molecular complexity index is 1740. The fourth-order valence-electron chi connectivity index (χ4n) is 5.27. The molecule has 0 radical (unpaired) electrons. The van der Waals surface area contributed by atoms with Crippen LogP contribution in [0.3, 0.4) is 0 Å². The van der Waals surface area contributed by atoms with E-state index in [9.17, 15) is 9.90 Å². The van der Waals surface area contributed by atoms with Gasteiger partial charge in [0.15, 0.2) is 23.0 Å². The van der Waals surface area contributed by atoms with Crippen LogP contribution in [-0.2, 0) is 21.7 Å². The van der Waals surface area contributed by atoms with E-state index in [1.807, 2.05) is 33.8 Å². The van der Waals surface area contributed by atoms with Gasteiger partial charge in [-0.3, -0.25) is 0 Å². The zero-order valence-electron chi connectivity index (χ0n) is 26.4. The smallest absolute Gasteiger partial charge is 0.342 e. The Morgan fingerprint density at radius 2 is 1.38 bits per heavy atom. The number of fused-ring (bicyclic) bond motifs is 1. The molecule has 0 fully saturated rings. The molecule has 4 aromatic rings. The maximum Gasteiger partial charge on any atom is 0.342 e. The number of carbonyl (C=O) groups is 1. The number of cyclic esters (lactones) is 1. The third-order valence-corrected chi connectivity index (χ3v) is 7.71. The van der Waals surface area contributed by atoms with Gasteiger partial charge in [0.05, 0.1) is 57.9 Å². The van der Waals surface area contributed by atoms with Gasteiger partial charge in [0.25, 0.3) is 5.79 Å². The van der Waals surface area contributed by atoms with Crippen molar-refractivity contribution in [1.82, 2.24) is 8.75 Å². The predicted octanol–water partition coefficient (Wildman–Crippen LogP) is 5.70. The van der Waals surface area contributed by atoms with Gasteiger partial charge in [-0.15, -0.1) is 0 Å². The largest absolute Gasteiger partial charge is 0.493 e. The molecule has 0 saturated heterocycles. The van der Waals surface area contributed by atoms with Gasteiger partial charge in [0.2, 0.25) is 11.5 Å². The van der Waals surface area contributed by atoms with Gasteiger partial charge in [-0.1, -0.05) is 6.07 Å². The van der Waals surface area contributed by atoms with Crippen LogP contribution in [-0.4, -0.2) is 60.5 Å². The molecule has 12 heteroatoms. The van der Waals surface area contributed by atoms with Crippen molar-refractivity contribution >= 4 is 34.3 Å². The lowest BCUT2D eigenvalue weighted by Gasteiger charge is -2.27. The molecule has 1 unspecified atom stereocenters. The molecule has 238 valence electrons. The summed E-state index contributed by atoms with van der Waals surface area (Å²) in [6, 6.07) is 12.0. The second-order valence-corrected chi connectivity index (χ2v) is 11.4. The van der Waals surface area contributed by atoms with E-state index in [4.69, 9.17) is 33.2 Å². The monoisotopic (exact) mass is 636 g/mol. The molecule has 1 aromatic heterocycles. The number of nitrogens with zero attached hydrogens (tertiary/aromatic N) is 2. The van der Waals surface area contributed by atoms with Gasteiger partial charge >= 0.3 is 5.97 Å². The zero-order chi connectivity index (χ0) is 32.5. The average molecular weight is 637 g/mol. The first kappa shape index (κ1) is 31.9.